The van der Waals surface area contributed by atoms with Crippen molar-refractivity contribution in [2.24, 2.45) is 0 Å². The Hall–Kier alpha value is -2.37. The van der Waals surface area contributed by atoms with Crippen molar-refractivity contribution in [3.05, 3.63) is 51.3 Å². The van der Waals surface area contributed by atoms with Gasteiger partial charge in [0.1, 0.15) is 0 Å². The summed E-state index contributed by atoms with van der Waals surface area (Å²) in [6.45, 7) is 7.54. The molecule has 0 aliphatic heterocycles. The maximum atomic E-state index is 10.8. The van der Waals surface area contributed by atoms with Gasteiger partial charge in [0.25, 0.3) is 5.69 Å². The molecule has 0 bridgehead atoms. The molecule has 0 unspecified atom stereocenters. The van der Waals surface area contributed by atoms with E-state index in [9.17, 15) is 10.1 Å². The van der Waals surface area contributed by atoms with Crippen LogP contribution < -0.4 is 5.32 Å². The van der Waals surface area contributed by atoms with Gasteiger partial charge in [-0.25, -0.2) is 0 Å². The maximum Gasteiger partial charge on any atom is 0.271 e. The maximum absolute atomic E-state index is 10.8. The third-order valence-electron chi connectivity index (χ3n) is 3.40. The van der Waals surface area contributed by atoms with Gasteiger partial charge in [-0.3, -0.25) is 14.8 Å². The molecular weight excluding hydrogens is 268 g/mol. The molecule has 2 rings (SSSR count). The van der Waals surface area contributed by atoms with Crippen LogP contribution in [0.25, 0.3) is 0 Å². The largest absolute Gasteiger partial charge is 0.385 e. The number of hydrogen-bond donors (Lipinski definition) is 1. The van der Waals surface area contributed by atoms with Crippen LogP contribution in [0.2, 0.25) is 0 Å². The number of anilines is 1. The van der Waals surface area contributed by atoms with Crippen LogP contribution >= 0.6 is 0 Å². The Kier molecular flexibility index (Phi) is 4.57. The molecule has 112 valence electrons. The van der Waals surface area contributed by atoms with Gasteiger partial charge in [-0.05, 0) is 38.8 Å². The SMILES string of the molecule is Cc1cc(C)n(CCCNc2cc([N+](=O)[O-])ccc2C)n1. The Morgan fingerprint density at radius 1 is 1.29 bits per heavy atom. The van der Waals surface area contributed by atoms with Gasteiger partial charge in [0.05, 0.1) is 10.6 Å². The van der Waals surface area contributed by atoms with Gasteiger partial charge in [0.15, 0.2) is 0 Å². The molecule has 0 atom stereocenters. The Morgan fingerprint density at radius 3 is 2.67 bits per heavy atom. The molecular formula is C15H20N4O2. The molecule has 0 spiro atoms. The highest BCUT2D eigenvalue weighted by Crippen LogP contribution is 2.21. The van der Waals surface area contributed by atoms with Crippen molar-refractivity contribution in [2.75, 3.05) is 11.9 Å². The molecule has 0 amide bonds. The number of aryl methyl sites for hydroxylation is 4. The second-order valence-corrected chi connectivity index (χ2v) is 5.19. The minimum absolute atomic E-state index is 0.113. The predicted molar refractivity (Wildman–Crippen MR) is 82.6 cm³/mol. The molecule has 0 saturated carbocycles. The molecule has 1 aromatic carbocycles. The summed E-state index contributed by atoms with van der Waals surface area (Å²) in [4.78, 5) is 10.4. The fourth-order valence-corrected chi connectivity index (χ4v) is 2.27. The average Bonchev–Trinajstić information content (AvgIpc) is 2.74. The van der Waals surface area contributed by atoms with E-state index in [-0.39, 0.29) is 10.6 Å². The number of nitro benzene ring substituents is 1. The number of nitrogens with one attached hydrogen (secondary N) is 1. The second-order valence-electron chi connectivity index (χ2n) is 5.19. The smallest absolute Gasteiger partial charge is 0.271 e. The highest BCUT2D eigenvalue weighted by atomic mass is 16.6. The summed E-state index contributed by atoms with van der Waals surface area (Å²) >= 11 is 0. The number of benzene rings is 1. The van der Waals surface area contributed by atoms with E-state index in [0.717, 1.165) is 42.1 Å². The Bertz CT molecular complexity index is 649. The molecule has 0 radical (unpaired) electrons. The molecule has 6 nitrogen and oxygen atoms in total. The lowest BCUT2D eigenvalue weighted by molar-refractivity contribution is -0.384. The lowest BCUT2D eigenvalue weighted by atomic mass is 10.2. The van der Waals surface area contributed by atoms with E-state index in [1.807, 2.05) is 25.5 Å². The highest BCUT2D eigenvalue weighted by molar-refractivity contribution is 5.56. The van der Waals surface area contributed by atoms with Crippen molar-refractivity contribution in [3.8, 4) is 0 Å². The van der Waals surface area contributed by atoms with Crippen molar-refractivity contribution >= 4 is 11.4 Å². The molecule has 6 heteroatoms. The van der Waals surface area contributed by atoms with Crippen LogP contribution in [0.15, 0.2) is 24.3 Å². The Labute approximate surface area is 123 Å². The van der Waals surface area contributed by atoms with Crippen molar-refractivity contribution < 1.29 is 4.92 Å². The van der Waals surface area contributed by atoms with Crippen molar-refractivity contribution in [1.82, 2.24) is 9.78 Å². The summed E-state index contributed by atoms with van der Waals surface area (Å²) < 4.78 is 1.98. The molecule has 0 saturated heterocycles. The molecule has 1 aromatic heterocycles. The molecule has 1 N–H and O–H groups in total. The zero-order valence-corrected chi connectivity index (χ0v) is 12.6. The third kappa shape index (κ3) is 3.81. The fraction of sp³-hybridized carbons (Fsp3) is 0.400. The lowest BCUT2D eigenvalue weighted by Crippen LogP contribution is -2.09. The van der Waals surface area contributed by atoms with E-state index in [1.165, 1.54) is 6.07 Å². The van der Waals surface area contributed by atoms with Crippen LogP contribution in [0.4, 0.5) is 11.4 Å². The minimum Gasteiger partial charge on any atom is -0.385 e. The summed E-state index contributed by atoms with van der Waals surface area (Å²) in [7, 11) is 0. The average molecular weight is 288 g/mol. The first-order chi connectivity index (χ1) is 9.97. The molecule has 0 fully saturated rings. The number of rotatable bonds is 6. The Morgan fingerprint density at radius 2 is 2.05 bits per heavy atom. The van der Waals surface area contributed by atoms with Crippen molar-refractivity contribution in [1.29, 1.82) is 0 Å². The van der Waals surface area contributed by atoms with E-state index in [0.29, 0.717) is 0 Å². The molecule has 21 heavy (non-hydrogen) atoms. The molecule has 0 aliphatic rings. The second kappa shape index (κ2) is 6.39. The van der Waals surface area contributed by atoms with Gasteiger partial charge in [-0.2, -0.15) is 5.10 Å². The number of nitrogens with zero attached hydrogens (tertiary/aromatic N) is 3. The summed E-state index contributed by atoms with van der Waals surface area (Å²) in [5.41, 5.74) is 4.11. The van der Waals surface area contributed by atoms with Crippen LogP contribution in [-0.2, 0) is 6.54 Å². The number of non-ortho nitro benzene ring substituents is 1. The van der Waals surface area contributed by atoms with E-state index in [2.05, 4.69) is 16.5 Å². The van der Waals surface area contributed by atoms with Gasteiger partial charge in [0, 0.05) is 36.6 Å². The van der Waals surface area contributed by atoms with E-state index in [1.54, 1.807) is 12.1 Å². The summed E-state index contributed by atoms with van der Waals surface area (Å²) in [5, 5.41) is 18.5. The minimum atomic E-state index is -0.375. The zero-order chi connectivity index (χ0) is 15.4. The standard InChI is InChI=1S/C15H20N4O2/c1-11-5-6-14(19(20)21)10-15(11)16-7-4-8-18-13(3)9-12(2)17-18/h5-6,9-10,16H,4,7-8H2,1-3H3. The van der Waals surface area contributed by atoms with E-state index < -0.39 is 0 Å². The lowest BCUT2D eigenvalue weighted by Gasteiger charge is -2.10. The van der Waals surface area contributed by atoms with Crippen LogP contribution in [0, 0.1) is 30.9 Å². The number of aromatic nitrogens is 2. The fourth-order valence-electron chi connectivity index (χ4n) is 2.27. The first kappa shape index (κ1) is 15.0. The Balaban J connectivity index is 1.90. The number of hydrogen-bond acceptors (Lipinski definition) is 4. The summed E-state index contributed by atoms with van der Waals surface area (Å²) in [5.74, 6) is 0. The summed E-state index contributed by atoms with van der Waals surface area (Å²) in [6.07, 6.45) is 0.907. The monoisotopic (exact) mass is 288 g/mol. The number of nitro groups is 1. The predicted octanol–water partition coefficient (Wildman–Crippen LogP) is 3.22. The quantitative estimate of drug-likeness (QED) is 0.503. The van der Waals surface area contributed by atoms with Crippen LogP contribution in [0.1, 0.15) is 23.4 Å². The van der Waals surface area contributed by atoms with Gasteiger partial charge in [-0.1, -0.05) is 6.07 Å². The molecule has 1 heterocycles. The topological polar surface area (TPSA) is 73.0 Å². The highest BCUT2D eigenvalue weighted by Gasteiger charge is 2.08. The van der Waals surface area contributed by atoms with Gasteiger partial charge >= 0.3 is 0 Å². The summed E-state index contributed by atoms with van der Waals surface area (Å²) in [6, 6.07) is 6.93. The van der Waals surface area contributed by atoms with Crippen molar-refractivity contribution in [3.63, 3.8) is 0 Å². The zero-order valence-electron chi connectivity index (χ0n) is 12.6. The van der Waals surface area contributed by atoms with E-state index in [4.69, 9.17) is 0 Å². The van der Waals surface area contributed by atoms with Gasteiger partial charge in [0.2, 0.25) is 0 Å². The van der Waals surface area contributed by atoms with Gasteiger partial charge < -0.3 is 5.32 Å². The van der Waals surface area contributed by atoms with Crippen molar-refractivity contribution in [2.45, 2.75) is 33.7 Å². The van der Waals surface area contributed by atoms with Gasteiger partial charge in [-0.15, -0.1) is 0 Å². The van der Waals surface area contributed by atoms with Crippen LogP contribution in [0.3, 0.4) is 0 Å². The van der Waals surface area contributed by atoms with Crippen LogP contribution in [-0.4, -0.2) is 21.2 Å². The first-order valence-corrected chi connectivity index (χ1v) is 6.97. The third-order valence-corrected chi connectivity index (χ3v) is 3.40. The normalized spacial score (nSPS) is 10.6. The van der Waals surface area contributed by atoms with E-state index >= 15 is 0 Å². The van der Waals surface area contributed by atoms with Crippen LogP contribution in [0.5, 0.6) is 0 Å². The first-order valence-electron chi connectivity index (χ1n) is 6.97. The molecule has 0 aliphatic carbocycles. The molecule has 2 aromatic rings.